The summed E-state index contributed by atoms with van der Waals surface area (Å²) < 4.78 is 20.8. The molecule has 36 heavy (non-hydrogen) atoms. The van der Waals surface area contributed by atoms with Gasteiger partial charge in [-0.3, -0.25) is 24.0 Å². The largest absolute Gasteiger partial charge is 0.465 e. The lowest BCUT2D eigenvalue weighted by molar-refractivity contribution is -0.384. The third-order valence-electron chi connectivity index (χ3n) is 6.95. The van der Waals surface area contributed by atoms with E-state index in [1.54, 1.807) is 19.1 Å². The molecule has 5 atom stereocenters. The molecule has 1 fully saturated rings. The van der Waals surface area contributed by atoms with E-state index >= 15 is 0 Å². The zero-order chi connectivity index (χ0) is 25.9. The van der Waals surface area contributed by atoms with Gasteiger partial charge in [-0.05, 0) is 44.9 Å². The predicted octanol–water partition coefficient (Wildman–Crippen LogP) is 4.16. The Kier molecular flexibility index (Phi) is 5.74. The molecule has 2 aromatic carbocycles. The molecule has 3 aromatic rings. The number of H-pyrrole nitrogens is 1. The maximum Gasteiger partial charge on any atom is 0.316 e. The van der Waals surface area contributed by atoms with Crippen molar-refractivity contribution >= 4 is 39.5 Å². The first-order valence-electron chi connectivity index (χ1n) is 11.8. The van der Waals surface area contributed by atoms with Crippen molar-refractivity contribution in [2.45, 2.75) is 50.3 Å². The molecule has 1 aliphatic carbocycles. The topological polar surface area (TPSA) is 123 Å². The van der Waals surface area contributed by atoms with Gasteiger partial charge in [-0.25, -0.2) is 4.21 Å². The summed E-state index contributed by atoms with van der Waals surface area (Å²) >= 11 is 0. The Bertz CT molecular complexity index is 1410. The van der Waals surface area contributed by atoms with E-state index < -0.39 is 50.4 Å². The molecule has 0 radical (unpaired) electrons. The van der Waals surface area contributed by atoms with Crippen molar-refractivity contribution in [2.24, 2.45) is 5.92 Å². The fraction of sp³-hybridized carbons (Fsp3) is 0.385. The molecule has 1 N–H and O–H groups in total. The zero-order valence-electron chi connectivity index (χ0n) is 20.4. The monoisotopic (exact) mass is 509 g/mol. The van der Waals surface area contributed by atoms with Gasteiger partial charge in [-0.2, -0.15) is 0 Å². The highest BCUT2D eigenvalue weighted by atomic mass is 32.2. The highest BCUT2D eigenvalue weighted by Gasteiger charge is 2.62. The molecule has 10 heteroatoms. The molecule has 2 aliphatic rings. The Balaban J connectivity index is 1.81. The Morgan fingerprint density at radius 3 is 2.44 bits per heavy atom. The van der Waals surface area contributed by atoms with Crippen LogP contribution in [0.3, 0.4) is 0 Å². The van der Waals surface area contributed by atoms with Gasteiger partial charge in [0.1, 0.15) is 16.9 Å². The van der Waals surface area contributed by atoms with E-state index in [1.165, 1.54) is 16.4 Å². The second kappa shape index (κ2) is 8.55. The number of para-hydroxylation sites is 1. The quantitative estimate of drug-likeness (QED) is 0.320. The summed E-state index contributed by atoms with van der Waals surface area (Å²) in [5.74, 6) is -3.13. The van der Waals surface area contributed by atoms with Gasteiger partial charge in [-0.15, -0.1) is 0 Å². The third kappa shape index (κ3) is 3.54. The van der Waals surface area contributed by atoms with Crippen molar-refractivity contribution in [2.75, 3.05) is 6.61 Å². The Morgan fingerprint density at radius 2 is 1.83 bits per heavy atom. The summed E-state index contributed by atoms with van der Waals surface area (Å²) in [5, 5.41) is 11.3. The van der Waals surface area contributed by atoms with Crippen molar-refractivity contribution in [3.8, 4) is 0 Å². The third-order valence-corrected chi connectivity index (χ3v) is 9.07. The van der Waals surface area contributed by atoms with Crippen LogP contribution in [0.2, 0.25) is 0 Å². The van der Waals surface area contributed by atoms with Gasteiger partial charge in [0.15, 0.2) is 0 Å². The first kappa shape index (κ1) is 24.2. The molecule has 9 nitrogen and oxygen atoms in total. The number of carbonyl (C=O) groups excluding carboxylic acids is 2. The molecule has 188 valence electrons. The van der Waals surface area contributed by atoms with Gasteiger partial charge in [0.25, 0.3) is 5.69 Å². The second-order valence-corrected chi connectivity index (χ2v) is 11.6. The van der Waals surface area contributed by atoms with E-state index in [1.807, 2.05) is 45.0 Å². The molecule has 0 bridgehead atoms. The fourth-order valence-electron chi connectivity index (χ4n) is 5.64. The first-order chi connectivity index (χ1) is 17.1. The molecule has 1 saturated heterocycles. The Hall–Kier alpha value is -3.53. The van der Waals surface area contributed by atoms with Crippen LogP contribution in [-0.4, -0.2) is 47.7 Å². The Morgan fingerprint density at radius 1 is 1.17 bits per heavy atom. The number of nitro groups is 1. The van der Waals surface area contributed by atoms with Crippen molar-refractivity contribution in [3.63, 3.8) is 0 Å². The molecule has 2 heterocycles. The number of rotatable bonds is 4. The number of non-ortho nitro benzene ring substituents is 1. The van der Waals surface area contributed by atoms with Gasteiger partial charge < -0.3 is 9.72 Å². The van der Waals surface area contributed by atoms with Crippen molar-refractivity contribution in [1.82, 2.24) is 9.29 Å². The van der Waals surface area contributed by atoms with Crippen molar-refractivity contribution < 1.29 is 23.5 Å². The smallest absolute Gasteiger partial charge is 0.316 e. The molecule has 1 unspecified atom stereocenters. The highest BCUT2D eigenvalue weighted by molar-refractivity contribution is 7.84. The SMILES string of the molecule is CCOC(=O)[C@@H]1c2[nH]c3ccccc3c2[C@H](c2ccc([N+](=O)[O-])cc2)[C@@H]2C(=O)N(C(C)(C)C)S(=O)[C@H]21. The van der Waals surface area contributed by atoms with Crippen LogP contribution in [0.25, 0.3) is 10.9 Å². The first-order valence-corrected chi connectivity index (χ1v) is 13.0. The van der Waals surface area contributed by atoms with Crippen molar-refractivity contribution in [1.29, 1.82) is 0 Å². The number of benzene rings is 2. The van der Waals surface area contributed by atoms with Gasteiger partial charge in [0.2, 0.25) is 5.91 Å². The number of nitrogens with zero attached hydrogens (tertiary/aromatic N) is 2. The normalized spacial score (nSPS) is 25.5. The molecule has 1 aromatic heterocycles. The van der Waals surface area contributed by atoms with E-state index in [4.69, 9.17) is 4.74 Å². The number of hydrogen-bond donors (Lipinski definition) is 1. The number of aromatic amines is 1. The van der Waals surface area contributed by atoms with E-state index in [9.17, 15) is 23.9 Å². The maximum atomic E-state index is 14.0. The van der Waals surface area contributed by atoms with Crippen LogP contribution in [-0.2, 0) is 25.3 Å². The molecular formula is C26H27N3O6S. The molecule has 5 rings (SSSR count). The van der Waals surface area contributed by atoms with Crippen LogP contribution in [0.15, 0.2) is 48.5 Å². The number of hydrogen-bond acceptors (Lipinski definition) is 6. The number of esters is 1. The summed E-state index contributed by atoms with van der Waals surface area (Å²) in [6.45, 7) is 7.30. The Labute approximate surface area is 210 Å². The molecule has 0 saturated carbocycles. The van der Waals surface area contributed by atoms with Crippen LogP contribution in [0.4, 0.5) is 5.69 Å². The van der Waals surface area contributed by atoms with Gasteiger partial charge in [0, 0.05) is 40.2 Å². The summed E-state index contributed by atoms with van der Waals surface area (Å²) in [5.41, 5.74) is 2.01. The van der Waals surface area contributed by atoms with E-state index in [-0.39, 0.29) is 18.2 Å². The minimum Gasteiger partial charge on any atom is -0.465 e. The van der Waals surface area contributed by atoms with Crippen LogP contribution < -0.4 is 0 Å². The summed E-state index contributed by atoms with van der Waals surface area (Å²) in [6.07, 6.45) is 0. The zero-order valence-corrected chi connectivity index (χ0v) is 21.2. The van der Waals surface area contributed by atoms with Crippen LogP contribution >= 0.6 is 0 Å². The number of nitrogens with one attached hydrogen (secondary N) is 1. The lowest BCUT2D eigenvalue weighted by Crippen LogP contribution is -2.44. The number of aromatic nitrogens is 1. The summed E-state index contributed by atoms with van der Waals surface area (Å²) in [7, 11) is -1.81. The van der Waals surface area contributed by atoms with E-state index in [2.05, 4.69) is 4.98 Å². The number of ether oxygens (including phenoxy) is 1. The van der Waals surface area contributed by atoms with Gasteiger partial charge in [-0.1, -0.05) is 30.3 Å². The highest BCUT2D eigenvalue weighted by Crippen LogP contribution is 2.55. The minimum absolute atomic E-state index is 0.0627. The van der Waals surface area contributed by atoms with Crippen LogP contribution in [0.1, 0.15) is 56.4 Å². The van der Waals surface area contributed by atoms with Crippen molar-refractivity contribution in [3.05, 3.63) is 75.5 Å². The fourth-order valence-corrected chi connectivity index (χ4v) is 7.73. The maximum absolute atomic E-state index is 14.0. The minimum atomic E-state index is -1.81. The summed E-state index contributed by atoms with van der Waals surface area (Å²) in [4.78, 5) is 41.6. The van der Waals surface area contributed by atoms with Gasteiger partial charge >= 0.3 is 5.97 Å². The number of nitro benzene ring substituents is 1. The molecule has 1 aliphatic heterocycles. The van der Waals surface area contributed by atoms with Crippen LogP contribution in [0.5, 0.6) is 0 Å². The summed E-state index contributed by atoms with van der Waals surface area (Å²) in [6, 6.07) is 13.7. The molecule has 0 spiro atoms. The molecular weight excluding hydrogens is 482 g/mol. The predicted molar refractivity (Wildman–Crippen MR) is 135 cm³/mol. The van der Waals surface area contributed by atoms with Gasteiger partial charge in [0.05, 0.1) is 22.7 Å². The lowest BCUT2D eigenvalue weighted by atomic mass is 9.68. The average molecular weight is 510 g/mol. The average Bonchev–Trinajstić information content (AvgIpc) is 3.32. The number of carbonyl (C=O) groups is 2. The van der Waals surface area contributed by atoms with Crippen LogP contribution in [0, 0.1) is 16.0 Å². The van der Waals surface area contributed by atoms with E-state index in [0.717, 1.165) is 16.5 Å². The van der Waals surface area contributed by atoms with E-state index in [0.29, 0.717) is 11.3 Å². The number of fused-ring (bicyclic) bond motifs is 4. The number of amides is 1. The molecule has 1 amide bonds. The standard InChI is InChI=1S/C26H27N3O6S/c1-5-35-25(31)21-22-19(16-8-6-7-9-17(16)27-22)18(14-10-12-15(13-11-14)29(32)33)20-23(21)36(34)28(24(20)30)26(2,3)4/h6-13,18,20-21,23,27H,5H2,1-4H3/t18-,20-,21+,23+,36?/m0/s1. The lowest BCUT2D eigenvalue weighted by Gasteiger charge is -2.35. The second-order valence-electron chi connectivity index (χ2n) is 10.1.